The summed E-state index contributed by atoms with van der Waals surface area (Å²) in [5.41, 5.74) is 5.29. The number of hydrogen-bond acceptors (Lipinski definition) is 6. The van der Waals surface area contributed by atoms with Gasteiger partial charge in [0.25, 0.3) is 5.91 Å². The van der Waals surface area contributed by atoms with Crippen LogP contribution in [0.25, 0.3) is 5.57 Å². The number of likely N-dealkylation sites (N-methyl/N-ethyl adjacent to an activating group) is 1. The number of thioether (sulfide) groups is 1. The molecule has 6 nitrogen and oxygen atoms in total. The number of allylic oxidation sites excluding steroid dienone is 1. The number of amides is 1. The molecular formula is C29H32ClN5OS. The zero-order valence-electron chi connectivity index (χ0n) is 21.2. The molecule has 1 fully saturated rings. The van der Waals surface area contributed by atoms with Gasteiger partial charge in [-0.3, -0.25) is 14.7 Å². The van der Waals surface area contributed by atoms with Crippen LogP contribution in [0.4, 0.5) is 11.4 Å². The normalized spacial score (nSPS) is 14.8. The first-order valence-corrected chi connectivity index (χ1v) is 13.4. The molecule has 2 aromatic carbocycles. The van der Waals surface area contributed by atoms with Crippen molar-refractivity contribution in [3.8, 4) is 0 Å². The number of benzene rings is 2. The average molecular weight is 534 g/mol. The highest BCUT2D eigenvalue weighted by Crippen LogP contribution is 2.30. The van der Waals surface area contributed by atoms with Crippen molar-refractivity contribution >= 4 is 46.2 Å². The van der Waals surface area contributed by atoms with Crippen molar-refractivity contribution in [3.05, 3.63) is 106 Å². The van der Waals surface area contributed by atoms with Gasteiger partial charge in [0.15, 0.2) is 0 Å². The van der Waals surface area contributed by atoms with E-state index in [9.17, 15) is 4.79 Å². The van der Waals surface area contributed by atoms with Crippen molar-refractivity contribution in [2.45, 2.75) is 13.5 Å². The number of halogens is 1. The molecule has 4 rings (SSSR count). The maximum absolute atomic E-state index is 12.9. The van der Waals surface area contributed by atoms with Gasteiger partial charge in [0, 0.05) is 56.4 Å². The molecule has 3 aromatic rings. The van der Waals surface area contributed by atoms with Crippen molar-refractivity contribution in [1.29, 1.82) is 0 Å². The molecule has 0 atom stereocenters. The number of anilines is 2. The Morgan fingerprint density at radius 2 is 1.84 bits per heavy atom. The van der Waals surface area contributed by atoms with Gasteiger partial charge in [-0.15, -0.1) is 0 Å². The van der Waals surface area contributed by atoms with Crippen molar-refractivity contribution in [2.24, 2.45) is 0 Å². The fourth-order valence-electron chi connectivity index (χ4n) is 3.93. The monoisotopic (exact) mass is 533 g/mol. The molecule has 2 N–H and O–H groups in total. The number of nitrogens with one attached hydrogen (secondary N) is 2. The molecule has 0 saturated carbocycles. The second-order valence-electron chi connectivity index (χ2n) is 9.13. The predicted octanol–water partition coefficient (Wildman–Crippen LogP) is 6.41. The third-order valence-electron chi connectivity index (χ3n) is 6.21. The summed E-state index contributed by atoms with van der Waals surface area (Å²) in [5.74, 6) is -0.164. The maximum atomic E-state index is 12.9. The van der Waals surface area contributed by atoms with Crippen molar-refractivity contribution in [2.75, 3.05) is 43.9 Å². The van der Waals surface area contributed by atoms with Crippen LogP contribution in [0.15, 0.2) is 84.0 Å². The van der Waals surface area contributed by atoms with Crippen LogP contribution in [0.2, 0.25) is 5.02 Å². The minimum absolute atomic E-state index is 0.164. The summed E-state index contributed by atoms with van der Waals surface area (Å²) in [4.78, 5) is 21.8. The first kappa shape index (κ1) is 26.9. The van der Waals surface area contributed by atoms with E-state index < -0.39 is 0 Å². The molecule has 1 saturated heterocycles. The van der Waals surface area contributed by atoms with Gasteiger partial charge in [0.05, 0.1) is 15.7 Å². The number of hydrogen-bond donors (Lipinski definition) is 2. The molecule has 0 radical (unpaired) electrons. The molecule has 0 unspecified atom stereocenters. The van der Waals surface area contributed by atoms with Crippen molar-refractivity contribution in [3.63, 3.8) is 0 Å². The van der Waals surface area contributed by atoms with Crippen LogP contribution >= 0.6 is 23.4 Å². The topological polar surface area (TPSA) is 60.5 Å². The SMILES string of the molecule is C=C(Nc1cc(NC(=O)c2ccc(CN3CCN(C)CC3)cc2)ccc1Cl)S/C=C(\C)c1cccnc1. The molecular weight excluding hydrogens is 502 g/mol. The molecule has 0 bridgehead atoms. The van der Waals surface area contributed by atoms with Crippen LogP contribution < -0.4 is 10.6 Å². The van der Waals surface area contributed by atoms with E-state index in [4.69, 9.17) is 11.6 Å². The molecule has 0 aliphatic carbocycles. The molecule has 8 heteroatoms. The van der Waals surface area contributed by atoms with E-state index in [-0.39, 0.29) is 5.91 Å². The van der Waals surface area contributed by atoms with E-state index in [1.807, 2.05) is 61.0 Å². The summed E-state index contributed by atoms with van der Waals surface area (Å²) in [6.45, 7) is 11.3. The van der Waals surface area contributed by atoms with E-state index in [0.717, 1.165) is 43.9 Å². The third kappa shape index (κ3) is 7.94. The van der Waals surface area contributed by atoms with E-state index in [1.54, 1.807) is 18.3 Å². The lowest BCUT2D eigenvalue weighted by Crippen LogP contribution is -2.43. The lowest BCUT2D eigenvalue weighted by atomic mass is 10.1. The smallest absolute Gasteiger partial charge is 0.255 e. The van der Waals surface area contributed by atoms with Gasteiger partial charge in [0.2, 0.25) is 0 Å². The molecule has 1 aliphatic rings. The Morgan fingerprint density at radius 1 is 1.08 bits per heavy atom. The summed E-state index contributed by atoms with van der Waals surface area (Å²) >= 11 is 7.87. The van der Waals surface area contributed by atoms with Crippen LogP contribution in [0.1, 0.15) is 28.4 Å². The molecule has 1 amide bonds. The second-order valence-corrected chi connectivity index (χ2v) is 10.5. The van der Waals surface area contributed by atoms with Gasteiger partial charge in [-0.25, -0.2) is 0 Å². The minimum atomic E-state index is -0.164. The van der Waals surface area contributed by atoms with Crippen molar-refractivity contribution in [1.82, 2.24) is 14.8 Å². The van der Waals surface area contributed by atoms with Crippen LogP contribution in [-0.2, 0) is 6.54 Å². The van der Waals surface area contributed by atoms with Crippen molar-refractivity contribution < 1.29 is 4.79 Å². The standard InChI is InChI=1S/C29H32ClN5OS/c1-21(25-5-4-12-31-18-25)20-37-22(2)32-28-17-26(10-11-27(28)30)33-29(36)24-8-6-23(7-9-24)19-35-15-13-34(3)14-16-35/h4-12,17-18,20,32H,2,13-16,19H2,1,3H3,(H,33,36)/b21-20+. The van der Waals surface area contributed by atoms with E-state index in [0.29, 0.717) is 27.0 Å². The Bertz CT molecular complexity index is 1260. The maximum Gasteiger partial charge on any atom is 0.255 e. The molecule has 1 aliphatic heterocycles. The molecule has 2 heterocycles. The van der Waals surface area contributed by atoms with E-state index >= 15 is 0 Å². The fraction of sp³-hybridized carbons (Fsp3) is 0.241. The Labute approximate surface area is 228 Å². The lowest BCUT2D eigenvalue weighted by molar-refractivity contribution is 0.102. The molecule has 192 valence electrons. The minimum Gasteiger partial charge on any atom is -0.349 e. The van der Waals surface area contributed by atoms with Gasteiger partial charge in [-0.2, -0.15) is 0 Å². The Hall–Kier alpha value is -3.10. The first-order valence-electron chi connectivity index (χ1n) is 12.2. The zero-order chi connectivity index (χ0) is 26.2. The predicted molar refractivity (Wildman–Crippen MR) is 157 cm³/mol. The fourth-order valence-corrected chi connectivity index (χ4v) is 4.72. The number of piperazine rings is 1. The third-order valence-corrected chi connectivity index (χ3v) is 7.40. The summed E-state index contributed by atoms with van der Waals surface area (Å²) in [7, 11) is 2.16. The van der Waals surface area contributed by atoms with Gasteiger partial charge >= 0.3 is 0 Å². The molecule has 37 heavy (non-hydrogen) atoms. The average Bonchev–Trinajstić information content (AvgIpc) is 2.91. The van der Waals surface area contributed by atoms with E-state index in [1.165, 1.54) is 17.3 Å². The van der Waals surface area contributed by atoms with Crippen LogP contribution in [-0.4, -0.2) is 53.9 Å². The number of aromatic nitrogens is 1. The highest BCUT2D eigenvalue weighted by Gasteiger charge is 2.14. The number of carbonyl (C=O) groups is 1. The van der Waals surface area contributed by atoms with Gasteiger partial charge < -0.3 is 15.5 Å². The quantitative estimate of drug-likeness (QED) is 0.331. The van der Waals surface area contributed by atoms with Crippen LogP contribution in [0.5, 0.6) is 0 Å². The largest absolute Gasteiger partial charge is 0.349 e. The van der Waals surface area contributed by atoms with Gasteiger partial charge in [0.1, 0.15) is 0 Å². The molecule has 1 aromatic heterocycles. The first-order chi connectivity index (χ1) is 17.9. The second kappa shape index (κ2) is 12.9. The lowest BCUT2D eigenvalue weighted by Gasteiger charge is -2.32. The Kier molecular flexibility index (Phi) is 9.41. The number of pyridine rings is 1. The number of rotatable bonds is 9. The summed E-state index contributed by atoms with van der Waals surface area (Å²) < 4.78 is 0. The highest BCUT2D eigenvalue weighted by molar-refractivity contribution is 8.06. The number of carbonyl (C=O) groups excluding carboxylic acids is 1. The van der Waals surface area contributed by atoms with Crippen LogP contribution in [0, 0.1) is 0 Å². The summed E-state index contributed by atoms with van der Waals surface area (Å²) in [5, 5.41) is 9.47. The zero-order valence-corrected chi connectivity index (χ0v) is 22.8. The Morgan fingerprint density at radius 3 is 2.54 bits per heavy atom. The number of nitrogens with zero attached hydrogens (tertiary/aromatic N) is 3. The summed E-state index contributed by atoms with van der Waals surface area (Å²) in [6.07, 6.45) is 3.58. The summed E-state index contributed by atoms with van der Waals surface area (Å²) in [6, 6.07) is 17.1. The van der Waals surface area contributed by atoms with Crippen LogP contribution in [0.3, 0.4) is 0 Å². The Balaban J connectivity index is 1.33. The van der Waals surface area contributed by atoms with E-state index in [2.05, 4.69) is 39.0 Å². The van der Waals surface area contributed by atoms with Gasteiger partial charge in [-0.1, -0.05) is 48.1 Å². The highest BCUT2D eigenvalue weighted by atomic mass is 35.5. The van der Waals surface area contributed by atoms with Gasteiger partial charge in [-0.05, 0) is 72.5 Å². The molecule has 0 spiro atoms.